The Morgan fingerprint density at radius 1 is 1.09 bits per heavy atom. The standard InChI is InChI=1S/C24H28BrN3O4/c1-26-11-4-9-21(26)16-28(17-22-10-5-14-32-22)23(29)18-27(12-6-13-31-2)24(30)19-7-3-8-20(25)15-19/h3-5,7-11,14-15H,6,12-13,16-18H2,1-2H3. The van der Waals surface area contributed by atoms with Crippen LogP contribution in [0.4, 0.5) is 0 Å². The number of furan rings is 1. The SMILES string of the molecule is COCCCN(CC(=O)N(Cc1ccco1)Cc1cccn1C)C(=O)c1cccc(Br)c1. The van der Waals surface area contributed by atoms with Gasteiger partial charge in [-0.1, -0.05) is 22.0 Å². The Bertz CT molecular complexity index is 1020. The summed E-state index contributed by atoms with van der Waals surface area (Å²) in [7, 11) is 3.56. The van der Waals surface area contributed by atoms with Gasteiger partial charge in [0.15, 0.2) is 0 Å². The number of hydrogen-bond donors (Lipinski definition) is 0. The van der Waals surface area contributed by atoms with E-state index >= 15 is 0 Å². The number of carbonyl (C=O) groups excluding carboxylic acids is 2. The van der Waals surface area contributed by atoms with Gasteiger partial charge in [0.1, 0.15) is 12.3 Å². The highest BCUT2D eigenvalue weighted by Gasteiger charge is 2.24. The van der Waals surface area contributed by atoms with Crippen LogP contribution in [0.1, 0.15) is 28.2 Å². The molecule has 2 amide bonds. The minimum Gasteiger partial charge on any atom is -0.467 e. The van der Waals surface area contributed by atoms with E-state index in [9.17, 15) is 9.59 Å². The number of nitrogens with zero attached hydrogens (tertiary/aromatic N) is 3. The normalized spacial score (nSPS) is 10.8. The number of rotatable bonds is 11. The van der Waals surface area contributed by atoms with E-state index in [1.807, 2.05) is 48.1 Å². The van der Waals surface area contributed by atoms with Crippen molar-refractivity contribution < 1.29 is 18.7 Å². The summed E-state index contributed by atoms with van der Waals surface area (Å²) in [6.45, 7) is 1.65. The molecule has 0 aliphatic heterocycles. The van der Waals surface area contributed by atoms with E-state index in [1.54, 1.807) is 41.4 Å². The van der Waals surface area contributed by atoms with Crippen molar-refractivity contribution in [2.45, 2.75) is 19.5 Å². The number of aryl methyl sites for hydroxylation is 1. The van der Waals surface area contributed by atoms with Gasteiger partial charge in [-0.25, -0.2) is 0 Å². The van der Waals surface area contributed by atoms with Gasteiger partial charge >= 0.3 is 0 Å². The topological polar surface area (TPSA) is 67.9 Å². The van der Waals surface area contributed by atoms with Gasteiger partial charge in [-0.05, 0) is 48.9 Å². The van der Waals surface area contributed by atoms with Gasteiger partial charge in [-0.2, -0.15) is 0 Å². The maximum absolute atomic E-state index is 13.4. The van der Waals surface area contributed by atoms with Crippen molar-refractivity contribution in [3.05, 3.63) is 82.5 Å². The molecule has 0 N–H and O–H groups in total. The third-order valence-corrected chi connectivity index (χ3v) is 5.64. The molecular weight excluding hydrogens is 474 g/mol. The maximum Gasteiger partial charge on any atom is 0.254 e. The molecule has 7 nitrogen and oxygen atoms in total. The molecule has 0 aliphatic rings. The number of hydrogen-bond acceptors (Lipinski definition) is 4. The van der Waals surface area contributed by atoms with Crippen molar-refractivity contribution in [3.63, 3.8) is 0 Å². The van der Waals surface area contributed by atoms with Crippen LogP contribution in [0.25, 0.3) is 0 Å². The molecule has 0 aliphatic carbocycles. The molecule has 0 atom stereocenters. The lowest BCUT2D eigenvalue weighted by Gasteiger charge is -2.27. The predicted molar refractivity (Wildman–Crippen MR) is 125 cm³/mol. The second kappa shape index (κ2) is 11.7. The van der Waals surface area contributed by atoms with Crippen molar-refractivity contribution in [3.8, 4) is 0 Å². The first-order valence-corrected chi connectivity index (χ1v) is 11.2. The molecule has 0 bridgehead atoms. The summed E-state index contributed by atoms with van der Waals surface area (Å²) in [5.74, 6) is 0.354. The Morgan fingerprint density at radius 3 is 2.59 bits per heavy atom. The van der Waals surface area contributed by atoms with Crippen molar-refractivity contribution >= 4 is 27.7 Å². The van der Waals surface area contributed by atoms with Crippen LogP contribution >= 0.6 is 15.9 Å². The van der Waals surface area contributed by atoms with Gasteiger partial charge in [-0.15, -0.1) is 0 Å². The monoisotopic (exact) mass is 501 g/mol. The van der Waals surface area contributed by atoms with Gasteiger partial charge in [0, 0.05) is 49.2 Å². The first kappa shape index (κ1) is 23.8. The molecule has 0 spiro atoms. The molecule has 3 rings (SSSR count). The van der Waals surface area contributed by atoms with E-state index in [0.29, 0.717) is 44.0 Å². The van der Waals surface area contributed by atoms with Crippen LogP contribution in [0.3, 0.4) is 0 Å². The van der Waals surface area contributed by atoms with Crippen LogP contribution in [-0.2, 0) is 29.7 Å². The maximum atomic E-state index is 13.4. The average molecular weight is 502 g/mol. The largest absolute Gasteiger partial charge is 0.467 e. The number of aromatic nitrogens is 1. The van der Waals surface area contributed by atoms with E-state index in [1.165, 1.54) is 0 Å². The van der Waals surface area contributed by atoms with Crippen LogP contribution in [0.2, 0.25) is 0 Å². The van der Waals surface area contributed by atoms with Crippen molar-refractivity contribution in [1.82, 2.24) is 14.4 Å². The average Bonchev–Trinajstić information content (AvgIpc) is 3.44. The lowest BCUT2D eigenvalue weighted by Crippen LogP contribution is -2.43. The second-order valence-corrected chi connectivity index (χ2v) is 8.44. The first-order valence-electron chi connectivity index (χ1n) is 10.4. The molecule has 2 heterocycles. The lowest BCUT2D eigenvalue weighted by molar-refractivity contribution is -0.133. The zero-order chi connectivity index (χ0) is 22.9. The fraction of sp³-hybridized carbons (Fsp3) is 0.333. The number of carbonyl (C=O) groups is 2. The summed E-state index contributed by atoms with van der Waals surface area (Å²) in [5, 5.41) is 0. The summed E-state index contributed by atoms with van der Waals surface area (Å²) >= 11 is 3.41. The number of halogens is 1. The third kappa shape index (κ3) is 6.58. The first-order chi connectivity index (χ1) is 15.5. The zero-order valence-electron chi connectivity index (χ0n) is 18.4. The summed E-state index contributed by atoms with van der Waals surface area (Å²) in [5.41, 5.74) is 1.53. The zero-order valence-corrected chi connectivity index (χ0v) is 20.0. The molecule has 32 heavy (non-hydrogen) atoms. The van der Waals surface area contributed by atoms with Gasteiger partial charge in [0.25, 0.3) is 5.91 Å². The molecule has 3 aromatic rings. The Labute approximate surface area is 196 Å². The van der Waals surface area contributed by atoms with Crippen LogP contribution in [-0.4, -0.2) is 53.0 Å². The fourth-order valence-electron chi connectivity index (χ4n) is 3.40. The van der Waals surface area contributed by atoms with Gasteiger partial charge in [-0.3, -0.25) is 9.59 Å². The summed E-state index contributed by atoms with van der Waals surface area (Å²) < 4.78 is 13.4. The van der Waals surface area contributed by atoms with E-state index in [2.05, 4.69) is 15.9 Å². The molecule has 0 saturated carbocycles. The molecule has 0 radical (unpaired) electrons. The molecule has 2 aromatic heterocycles. The van der Waals surface area contributed by atoms with E-state index < -0.39 is 0 Å². The van der Waals surface area contributed by atoms with Gasteiger partial charge in [0.05, 0.1) is 19.4 Å². The Morgan fingerprint density at radius 2 is 1.94 bits per heavy atom. The minimum atomic E-state index is -0.187. The number of ether oxygens (including phenoxy) is 1. The molecule has 0 saturated heterocycles. The van der Waals surface area contributed by atoms with Crippen LogP contribution < -0.4 is 0 Å². The molecule has 0 fully saturated rings. The Hall–Kier alpha value is -2.84. The van der Waals surface area contributed by atoms with Crippen LogP contribution in [0, 0.1) is 0 Å². The summed E-state index contributed by atoms with van der Waals surface area (Å²) in [4.78, 5) is 29.9. The smallest absolute Gasteiger partial charge is 0.254 e. The molecule has 170 valence electrons. The fourth-order valence-corrected chi connectivity index (χ4v) is 3.80. The second-order valence-electron chi connectivity index (χ2n) is 7.52. The summed E-state index contributed by atoms with van der Waals surface area (Å²) in [6.07, 6.45) is 4.17. The molecular formula is C24H28BrN3O4. The van der Waals surface area contributed by atoms with Gasteiger partial charge < -0.3 is 23.5 Å². The minimum absolute atomic E-state index is 0.0276. The number of amides is 2. The molecule has 8 heteroatoms. The van der Waals surface area contributed by atoms with E-state index in [-0.39, 0.29) is 18.4 Å². The lowest BCUT2D eigenvalue weighted by atomic mass is 10.2. The number of methoxy groups -OCH3 is 1. The number of benzene rings is 1. The Balaban J connectivity index is 1.79. The van der Waals surface area contributed by atoms with Crippen molar-refractivity contribution in [2.75, 3.05) is 26.8 Å². The summed E-state index contributed by atoms with van der Waals surface area (Å²) in [6, 6.07) is 14.8. The Kier molecular flexibility index (Phi) is 8.70. The van der Waals surface area contributed by atoms with Crippen LogP contribution in [0.15, 0.2) is 69.9 Å². The van der Waals surface area contributed by atoms with E-state index in [4.69, 9.17) is 9.15 Å². The van der Waals surface area contributed by atoms with Crippen molar-refractivity contribution in [2.24, 2.45) is 7.05 Å². The predicted octanol–water partition coefficient (Wildman–Crippen LogP) is 4.09. The highest BCUT2D eigenvalue weighted by Crippen LogP contribution is 2.16. The molecule has 1 aromatic carbocycles. The highest BCUT2D eigenvalue weighted by atomic mass is 79.9. The van der Waals surface area contributed by atoms with Gasteiger partial charge in [0.2, 0.25) is 5.91 Å². The van der Waals surface area contributed by atoms with Crippen molar-refractivity contribution in [1.29, 1.82) is 0 Å². The van der Waals surface area contributed by atoms with E-state index in [0.717, 1.165) is 10.2 Å². The quantitative estimate of drug-likeness (QED) is 0.371. The third-order valence-electron chi connectivity index (χ3n) is 5.15. The van der Waals surface area contributed by atoms with Crippen LogP contribution in [0.5, 0.6) is 0 Å². The highest BCUT2D eigenvalue weighted by molar-refractivity contribution is 9.10. The molecule has 0 unspecified atom stereocenters.